The van der Waals surface area contributed by atoms with Crippen LogP contribution < -0.4 is 5.32 Å². The molecule has 2 rings (SSSR count). The summed E-state index contributed by atoms with van der Waals surface area (Å²) in [6.07, 6.45) is 6.09. The third-order valence-electron chi connectivity index (χ3n) is 5.28. The second-order valence-corrected chi connectivity index (χ2v) is 7.70. The molecule has 0 radical (unpaired) electrons. The van der Waals surface area contributed by atoms with Crippen molar-refractivity contribution in [1.29, 1.82) is 0 Å². The maximum atomic E-state index is 6.40. The van der Waals surface area contributed by atoms with Gasteiger partial charge in [-0.1, -0.05) is 34.6 Å². The van der Waals surface area contributed by atoms with Crippen LogP contribution >= 0.6 is 0 Å². The molecule has 1 aliphatic carbocycles. The van der Waals surface area contributed by atoms with Crippen molar-refractivity contribution in [3.8, 4) is 0 Å². The molecular weight excluding hydrogens is 222 g/mol. The third kappa shape index (κ3) is 2.75. The van der Waals surface area contributed by atoms with E-state index in [0.717, 1.165) is 25.5 Å². The SMILES string of the molecule is CCC1(CC)CNC2(CC(C)CC(C)(C)C2)OC1. The first kappa shape index (κ1) is 14.3. The maximum Gasteiger partial charge on any atom is 0.120 e. The van der Waals surface area contributed by atoms with Crippen molar-refractivity contribution in [3.63, 3.8) is 0 Å². The van der Waals surface area contributed by atoms with Crippen LogP contribution in [-0.4, -0.2) is 18.9 Å². The first-order valence-corrected chi connectivity index (χ1v) is 7.73. The predicted octanol–water partition coefficient (Wildman–Crippen LogP) is 3.96. The van der Waals surface area contributed by atoms with Crippen LogP contribution in [-0.2, 0) is 4.74 Å². The molecule has 0 aromatic carbocycles. The highest BCUT2D eigenvalue weighted by Crippen LogP contribution is 2.47. The average Bonchev–Trinajstić information content (AvgIpc) is 2.28. The highest BCUT2D eigenvalue weighted by atomic mass is 16.5. The number of rotatable bonds is 2. The highest BCUT2D eigenvalue weighted by molar-refractivity contribution is 4.97. The van der Waals surface area contributed by atoms with Crippen LogP contribution in [0.3, 0.4) is 0 Å². The topological polar surface area (TPSA) is 21.3 Å². The van der Waals surface area contributed by atoms with Gasteiger partial charge in [0.25, 0.3) is 0 Å². The van der Waals surface area contributed by atoms with E-state index in [9.17, 15) is 0 Å². The van der Waals surface area contributed by atoms with Gasteiger partial charge in [0.15, 0.2) is 0 Å². The van der Waals surface area contributed by atoms with E-state index in [4.69, 9.17) is 4.74 Å². The Morgan fingerprint density at radius 1 is 1.17 bits per heavy atom. The minimum Gasteiger partial charge on any atom is -0.360 e. The minimum absolute atomic E-state index is 0.0327. The summed E-state index contributed by atoms with van der Waals surface area (Å²) >= 11 is 0. The fourth-order valence-corrected chi connectivity index (χ4v) is 4.19. The van der Waals surface area contributed by atoms with Crippen LogP contribution in [0.2, 0.25) is 0 Å². The number of ether oxygens (including phenoxy) is 1. The Hall–Kier alpha value is -0.0800. The second-order valence-electron chi connectivity index (χ2n) is 7.70. The molecule has 1 heterocycles. The summed E-state index contributed by atoms with van der Waals surface area (Å²) in [6.45, 7) is 13.8. The van der Waals surface area contributed by atoms with Gasteiger partial charge in [-0.25, -0.2) is 0 Å². The summed E-state index contributed by atoms with van der Waals surface area (Å²) in [5, 5.41) is 3.79. The zero-order valence-corrected chi connectivity index (χ0v) is 12.9. The van der Waals surface area contributed by atoms with Crippen LogP contribution in [0.15, 0.2) is 0 Å². The standard InChI is InChI=1S/C16H31NO/c1-6-15(7-2)11-17-16(18-12-15)9-13(3)8-14(4,5)10-16/h13,17H,6-12H2,1-5H3. The van der Waals surface area contributed by atoms with Crippen LogP contribution in [0.1, 0.15) is 66.7 Å². The Bertz CT molecular complexity index is 283. The fourth-order valence-electron chi connectivity index (χ4n) is 4.19. The number of hydrogen-bond donors (Lipinski definition) is 1. The van der Waals surface area contributed by atoms with Gasteiger partial charge in [-0.2, -0.15) is 0 Å². The van der Waals surface area contributed by atoms with Gasteiger partial charge in [0.1, 0.15) is 5.72 Å². The lowest BCUT2D eigenvalue weighted by atomic mass is 9.67. The molecule has 2 nitrogen and oxygen atoms in total. The van der Waals surface area contributed by atoms with E-state index >= 15 is 0 Å². The lowest BCUT2D eigenvalue weighted by Gasteiger charge is -2.53. The number of nitrogens with one attached hydrogen (secondary N) is 1. The molecule has 2 unspecified atom stereocenters. The average molecular weight is 253 g/mol. The van der Waals surface area contributed by atoms with Crippen molar-refractivity contribution in [3.05, 3.63) is 0 Å². The Labute approximate surface area is 113 Å². The van der Waals surface area contributed by atoms with Gasteiger partial charge in [-0.3, -0.25) is 5.32 Å². The monoisotopic (exact) mass is 253 g/mol. The number of hydrogen-bond acceptors (Lipinski definition) is 2. The molecule has 1 aliphatic heterocycles. The molecular formula is C16H31NO. The molecule has 2 atom stereocenters. The van der Waals surface area contributed by atoms with E-state index in [2.05, 4.69) is 39.9 Å². The molecule has 2 aliphatic rings. The van der Waals surface area contributed by atoms with Crippen LogP contribution in [0.25, 0.3) is 0 Å². The Balaban J connectivity index is 2.07. The van der Waals surface area contributed by atoms with E-state index in [1.807, 2.05) is 0 Å². The summed E-state index contributed by atoms with van der Waals surface area (Å²) in [5.74, 6) is 0.761. The maximum absolute atomic E-state index is 6.40. The van der Waals surface area contributed by atoms with Crippen molar-refractivity contribution < 1.29 is 4.74 Å². The van der Waals surface area contributed by atoms with Crippen molar-refractivity contribution in [1.82, 2.24) is 5.32 Å². The zero-order valence-electron chi connectivity index (χ0n) is 12.9. The molecule has 106 valence electrons. The molecule has 1 spiro atoms. The summed E-state index contributed by atoms with van der Waals surface area (Å²) in [4.78, 5) is 0. The first-order valence-electron chi connectivity index (χ1n) is 7.73. The van der Waals surface area contributed by atoms with E-state index in [-0.39, 0.29) is 5.72 Å². The van der Waals surface area contributed by atoms with Crippen LogP contribution in [0.5, 0.6) is 0 Å². The molecule has 1 N–H and O–H groups in total. The fraction of sp³-hybridized carbons (Fsp3) is 1.00. The molecule has 1 saturated carbocycles. The van der Waals surface area contributed by atoms with Crippen LogP contribution in [0.4, 0.5) is 0 Å². The lowest BCUT2D eigenvalue weighted by Crippen LogP contribution is -2.62. The first-order chi connectivity index (χ1) is 8.34. The summed E-state index contributed by atoms with van der Waals surface area (Å²) in [6, 6.07) is 0. The molecule has 0 bridgehead atoms. The van der Waals surface area contributed by atoms with Gasteiger partial charge in [0, 0.05) is 12.0 Å². The normalized spacial score (nSPS) is 38.8. The van der Waals surface area contributed by atoms with Gasteiger partial charge in [0.05, 0.1) is 6.61 Å². The van der Waals surface area contributed by atoms with E-state index < -0.39 is 0 Å². The predicted molar refractivity (Wildman–Crippen MR) is 76.5 cm³/mol. The largest absolute Gasteiger partial charge is 0.360 e. The molecule has 0 aromatic heterocycles. The lowest BCUT2D eigenvalue weighted by molar-refractivity contribution is -0.187. The van der Waals surface area contributed by atoms with Crippen molar-refractivity contribution in [2.75, 3.05) is 13.2 Å². The van der Waals surface area contributed by atoms with E-state index in [0.29, 0.717) is 10.8 Å². The van der Waals surface area contributed by atoms with Gasteiger partial charge in [-0.15, -0.1) is 0 Å². The van der Waals surface area contributed by atoms with E-state index in [1.54, 1.807) is 0 Å². The molecule has 2 heteroatoms. The summed E-state index contributed by atoms with van der Waals surface area (Å²) < 4.78 is 6.40. The Morgan fingerprint density at radius 3 is 2.28 bits per heavy atom. The molecule has 1 saturated heterocycles. The molecule has 18 heavy (non-hydrogen) atoms. The van der Waals surface area contributed by atoms with Gasteiger partial charge in [-0.05, 0) is 43.4 Å². The van der Waals surface area contributed by atoms with Crippen molar-refractivity contribution >= 4 is 0 Å². The van der Waals surface area contributed by atoms with Gasteiger partial charge >= 0.3 is 0 Å². The molecule has 0 amide bonds. The summed E-state index contributed by atoms with van der Waals surface area (Å²) in [7, 11) is 0. The third-order valence-corrected chi connectivity index (χ3v) is 5.28. The van der Waals surface area contributed by atoms with Crippen molar-refractivity contribution in [2.45, 2.75) is 72.4 Å². The van der Waals surface area contributed by atoms with Crippen molar-refractivity contribution in [2.24, 2.45) is 16.7 Å². The highest BCUT2D eigenvalue weighted by Gasteiger charge is 2.48. The quantitative estimate of drug-likeness (QED) is 0.804. The molecule has 2 fully saturated rings. The zero-order chi connectivity index (χ0) is 13.4. The van der Waals surface area contributed by atoms with Gasteiger partial charge < -0.3 is 4.74 Å². The second kappa shape index (κ2) is 4.79. The Morgan fingerprint density at radius 2 is 1.83 bits per heavy atom. The molecule has 0 aromatic rings. The minimum atomic E-state index is -0.0327. The summed E-state index contributed by atoms with van der Waals surface area (Å²) in [5.41, 5.74) is 0.744. The van der Waals surface area contributed by atoms with E-state index in [1.165, 1.54) is 25.7 Å². The Kier molecular flexibility index (Phi) is 3.81. The van der Waals surface area contributed by atoms with Crippen LogP contribution in [0, 0.1) is 16.7 Å². The van der Waals surface area contributed by atoms with Gasteiger partial charge in [0.2, 0.25) is 0 Å². The smallest absolute Gasteiger partial charge is 0.120 e.